The van der Waals surface area contributed by atoms with E-state index in [4.69, 9.17) is 0 Å². The predicted octanol–water partition coefficient (Wildman–Crippen LogP) is 2.24. The van der Waals surface area contributed by atoms with Crippen LogP contribution in [0.2, 0.25) is 0 Å². The quantitative estimate of drug-likeness (QED) is 0.503. The summed E-state index contributed by atoms with van der Waals surface area (Å²) in [4.78, 5) is 11.4. The van der Waals surface area contributed by atoms with Crippen LogP contribution in [0.3, 0.4) is 0 Å². The second-order valence-electron chi connectivity index (χ2n) is 5.21. The molecule has 1 aliphatic rings. The maximum absolute atomic E-state index is 11.4. The van der Waals surface area contributed by atoms with Gasteiger partial charge in [0.25, 0.3) is 0 Å². The molecule has 0 aromatic rings. The number of hydrogen-bond donors (Lipinski definition) is 2. The fourth-order valence-corrected chi connectivity index (χ4v) is 1.98. The van der Waals surface area contributed by atoms with Crippen LogP contribution in [0.15, 0.2) is 11.6 Å². The molecule has 0 fully saturated rings. The van der Waals surface area contributed by atoms with E-state index in [0.29, 0.717) is 12.5 Å². The molecule has 0 spiro atoms. The second kappa shape index (κ2) is 8.29. The summed E-state index contributed by atoms with van der Waals surface area (Å²) < 4.78 is 0. The van der Waals surface area contributed by atoms with E-state index in [1.807, 2.05) is 0 Å². The Morgan fingerprint density at radius 2 is 2.24 bits per heavy atom. The van der Waals surface area contributed by atoms with Gasteiger partial charge in [0.15, 0.2) is 0 Å². The van der Waals surface area contributed by atoms with Crippen LogP contribution >= 0.6 is 0 Å². The van der Waals surface area contributed by atoms with Gasteiger partial charge >= 0.3 is 0 Å². The average molecular weight is 238 g/mol. The molecule has 0 aliphatic heterocycles. The van der Waals surface area contributed by atoms with Gasteiger partial charge in [0.1, 0.15) is 0 Å². The first kappa shape index (κ1) is 14.2. The summed E-state index contributed by atoms with van der Waals surface area (Å²) in [7, 11) is 0. The fraction of sp³-hybridized carbons (Fsp3) is 0.786. The van der Waals surface area contributed by atoms with Crippen LogP contribution in [-0.4, -0.2) is 25.5 Å². The highest BCUT2D eigenvalue weighted by molar-refractivity contribution is 5.77. The third-order valence-electron chi connectivity index (χ3n) is 3.09. The Morgan fingerprint density at radius 1 is 1.41 bits per heavy atom. The van der Waals surface area contributed by atoms with Crippen molar-refractivity contribution in [3.63, 3.8) is 0 Å². The topological polar surface area (TPSA) is 41.1 Å². The van der Waals surface area contributed by atoms with Gasteiger partial charge in [-0.1, -0.05) is 25.5 Å². The maximum atomic E-state index is 11.4. The highest BCUT2D eigenvalue weighted by Gasteiger charge is 2.04. The molecule has 0 heterocycles. The molecule has 0 radical (unpaired) electrons. The van der Waals surface area contributed by atoms with Gasteiger partial charge in [0.05, 0.1) is 6.54 Å². The molecule has 0 saturated heterocycles. The van der Waals surface area contributed by atoms with E-state index in [0.717, 1.165) is 25.9 Å². The van der Waals surface area contributed by atoms with Crippen LogP contribution in [0.25, 0.3) is 0 Å². The predicted molar refractivity (Wildman–Crippen MR) is 71.9 cm³/mol. The second-order valence-corrected chi connectivity index (χ2v) is 5.21. The molecular formula is C14H26N2O. The van der Waals surface area contributed by atoms with E-state index in [9.17, 15) is 4.79 Å². The Bertz CT molecular complexity index is 259. The normalized spacial score (nSPS) is 15.1. The summed E-state index contributed by atoms with van der Waals surface area (Å²) in [6, 6.07) is 0. The summed E-state index contributed by atoms with van der Waals surface area (Å²) in [5.74, 6) is 0.767. The highest BCUT2D eigenvalue weighted by Crippen LogP contribution is 2.19. The SMILES string of the molecule is CC(C)CCNC(=O)CNCCC1=CCCC1. The molecule has 0 aromatic carbocycles. The van der Waals surface area contributed by atoms with E-state index in [2.05, 4.69) is 30.6 Å². The van der Waals surface area contributed by atoms with Gasteiger partial charge in [-0.3, -0.25) is 4.79 Å². The monoisotopic (exact) mass is 238 g/mol. The zero-order chi connectivity index (χ0) is 12.5. The summed E-state index contributed by atoms with van der Waals surface area (Å²) in [6.07, 6.45) is 8.29. The number of carbonyl (C=O) groups excluding carboxylic acids is 1. The Labute approximate surface area is 105 Å². The largest absolute Gasteiger partial charge is 0.355 e. The van der Waals surface area contributed by atoms with Crippen LogP contribution in [0.4, 0.5) is 0 Å². The maximum Gasteiger partial charge on any atom is 0.233 e. The lowest BCUT2D eigenvalue weighted by atomic mass is 10.1. The molecule has 3 heteroatoms. The minimum atomic E-state index is 0.117. The van der Waals surface area contributed by atoms with Gasteiger partial charge in [-0.25, -0.2) is 0 Å². The number of carbonyl (C=O) groups is 1. The molecular weight excluding hydrogens is 212 g/mol. The Balaban J connectivity index is 1.92. The van der Waals surface area contributed by atoms with Gasteiger partial charge in [0, 0.05) is 6.54 Å². The molecule has 0 bridgehead atoms. The van der Waals surface area contributed by atoms with Crippen molar-refractivity contribution in [1.29, 1.82) is 0 Å². The fourth-order valence-electron chi connectivity index (χ4n) is 1.98. The molecule has 0 aromatic heterocycles. The van der Waals surface area contributed by atoms with E-state index >= 15 is 0 Å². The van der Waals surface area contributed by atoms with Crippen molar-refractivity contribution in [3.8, 4) is 0 Å². The van der Waals surface area contributed by atoms with Crippen LogP contribution in [0.5, 0.6) is 0 Å². The van der Waals surface area contributed by atoms with Crippen LogP contribution in [0.1, 0.15) is 46.0 Å². The Morgan fingerprint density at radius 3 is 2.88 bits per heavy atom. The molecule has 98 valence electrons. The van der Waals surface area contributed by atoms with E-state index in [1.54, 1.807) is 5.57 Å². The molecule has 0 atom stereocenters. The molecule has 17 heavy (non-hydrogen) atoms. The third kappa shape index (κ3) is 7.16. The van der Waals surface area contributed by atoms with Crippen molar-refractivity contribution in [2.24, 2.45) is 5.92 Å². The van der Waals surface area contributed by atoms with E-state index in [1.165, 1.54) is 19.3 Å². The molecule has 3 nitrogen and oxygen atoms in total. The van der Waals surface area contributed by atoms with Crippen molar-refractivity contribution < 1.29 is 4.79 Å². The summed E-state index contributed by atoms with van der Waals surface area (Å²) >= 11 is 0. The number of hydrogen-bond acceptors (Lipinski definition) is 2. The number of allylic oxidation sites excluding steroid dienone is 1. The van der Waals surface area contributed by atoms with Crippen molar-refractivity contribution in [2.75, 3.05) is 19.6 Å². The lowest BCUT2D eigenvalue weighted by Gasteiger charge is -2.08. The Hall–Kier alpha value is -0.830. The van der Waals surface area contributed by atoms with E-state index in [-0.39, 0.29) is 5.91 Å². The van der Waals surface area contributed by atoms with Gasteiger partial charge in [-0.05, 0) is 44.6 Å². The van der Waals surface area contributed by atoms with Crippen molar-refractivity contribution in [2.45, 2.75) is 46.0 Å². The first-order chi connectivity index (χ1) is 8.18. The molecule has 2 N–H and O–H groups in total. The zero-order valence-corrected chi connectivity index (χ0v) is 11.2. The first-order valence-corrected chi connectivity index (χ1v) is 6.84. The Kier molecular flexibility index (Phi) is 6.94. The number of rotatable bonds is 8. The van der Waals surface area contributed by atoms with Gasteiger partial charge in [0.2, 0.25) is 5.91 Å². The number of nitrogens with one attached hydrogen (secondary N) is 2. The lowest BCUT2D eigenvalue weighted by Crippen LogP contribution is -2.35. The third-order valence-corrected chi connectivity index (χ3v) is 3.09. The standard InChI is InChI=1S/C14H26N2O/c1-12(2)7-10-16-14(17)11-15-9-8-13-5-3-4-6-13/h5,12,15H,3-4,6-11H2,1-2H3,(H,16,17). The summed E-state index contributed by atoms with van der Waals surface area (Å²) in [5, 5.41) is 6.12. The molecule has 0 unspecified atom stereocenters. The zero-order valence-electron chi connectivity index (χ0n) is 11.2. The lowest BCUT2D eigenvalue weighted by molar-refractivity contribution is -0.120. The van der Waals surface area contributed by atoms with Gasteiger partial charge < -0.3 is 10.6 Å². The summed E-state index contributed by atoms with van der Waals surface area (Å²) in [6.45, 7) is 6.50. The molecule has 1 rings (SSSR count). The van der Waals surface area contributed by atoms with Crippen molar-refractivity contribution in [3.05, 3.63) is 11.6 Å². The van der Waals surface area contributed by atoms with Gasteiger partial charge in [-0.15, -0.1) is 0 Å². The molecule has 1 aliphatic carbocycles. The average Bonchev–Trinajstić information content (AvgIpc) is 2.76. The van der Waals surface area contributed by atoms with Crippen LogP contribution in [0, 0.1) is 5.92 Å². The van der Waals surface area contributed by atoms with Crippen LogP contribution < -0.4 is 10.6 Å². The minimum absolute atomic E-state index is 0.117. The molecule has 1 amide bonds. The summed E-state index contributed by atoms with van der Waals surface area (Å²) in [5.41, 5.74) is 1.55. The minimum Gasteiger partial charge on any atom is -0.355 e. The number of amides is 1. The van der Waals surface area contributed by atoms with Crippen molar-refractivity contribution >= 4 is 5.91 Å². The van der Waals surface area contributed by atoms with Gasteiger partial charge in [-0.2, -0.15) is 0 Å². The first-order valence-electron chi connectivity index (χ1n) is 6.84. The van der Waals surface area contributed by atoms with Crippen molar-refractivity contribution in [1.82, 2.24) is 10.6 Å². The van der Waals surface area contributed by atoms with E-state index < -0.39 is 0 Å². The molecule has 0 saturated carbocycles. The highest BCUT2D eigenvalue weighted by atomic mass is 16.1. The smallest absolute Gasteiger partial charge is 0.233 e. The van der Waals surface area contributed by atoms with Crippen LogP contribution in [-0.2, 0) is 4.79 Å².